The Morgan fingerprint density at radius 1 is 0.571 bits per heavy atom. The van der Waals surface area contributed by atoms with E-state index in [1.165, 1.54) is 110 Å². The van der Waals surface area contributed by atoms with Gasteiger partial charge in [0, 0.05) is 19.1 Å². The van der Waals surface area contributed by atoms with E-state index in [0.717, 1.165) is 12.0 Å². The molecule has 2 nitrogen and oxygen atoms in total. The van der Waals surface area contributed by atoms with E-state index in [2.05, 4.69) is 9.80 Å². The molecule has 1 aliphatic carbocycles. The molecule has 0 unspecified atom stereocenters. The lowest BCUT2D eigenvalue weighted by atomic mass is 9.89. The Bertz CT molecular complexity index is 277. The first-order valence-electron chi connectivity index (χ1n) is 9.88. The van der Waals surface area contributed by atoms with Gasteiger partial charge in [0.25, 0.3) is 0 Å². The number of nitrogens with zero attached hydrogens (tertiary/aromatic N) is 2. The van der Waals surface area contributed by atoms with Gasteiger partial charge in [-0.05, 0) is 64.1 Å². The molecule has 2 saturated heterocycles. The van der Waals surface area contributed by atoms with E-state index in [0.29, 0.717) is 0 Å². The lowest BCUT2D eigenvalue weighted by Crippen LogP contribution is -2.48. The molecule has 0 radical (unpaired) electrons. The maximum absolute atomic E-state index is 2.90. The normalized spacial score (nSPS) is 31.1. The third-order valence-corrected chi connectivity index (χ3v) is 6.13. The van der Waals surface area contributed by atoms with E-state index in [1.807, 2.05) is 0 Å². The Morgan fingerprint density at radius 2 is 1.19 bits per heavy atom. The van der Waals surface area contributed by atoms with Crippen LogP contribution in [0.2, 0.25) is 0 Å². The maximum Gasteiger partial charge on any atom is 0.0223 e. The topological polar surface area (TPSA) is 6.48 Å². The minimum atomic E-state index is 0.877. The molecule has 3 fully saturated rings. The molecule has 21 heavy (non-hydrogen) atoms. The van der Waals surface area contributed by atoms with E-state index in [4.69, 9.17) is 0 Å². The van der Waals surface area contributed by atoms with Crippen molar-refractivity contribution < 1.29 is 0 Å². The van der Waals surface area contributed by atoms with Crippen molar-refractivity contribution in [2.75, 3.05) is 32.7 Å². The molecule has 1 atom stereocenters. The Morgan fingerprint density at radius 3 is 1.95 bits per heavy atom. The number of likely N-dealkylation sites (tertiary alicyclic amines) is 2. The minimum absolute atomic E-state index is 0.877. The van der Waals surface area contributed by atoms with Crippen LogP contribution in [0.3, 0.4) is 0 Å². The molecule has 0 bridgehead atoms. The summed E-state index contributed by atoms with van der Waals surface area (Å²) >= 11 is 0. The van der Waals surface area contributed by atoms with Gasteiger partial charge in [0.1, 0.15) is 0 Å². The van der Waals surface area contributed by atoms with Crippen LogP contribution in [-0.2, 0) is 0 Å². The third-order valence-electron chi connectivity index (χ3n) is 6.13. The van der Waals surface area contributed by atoms with E-state index in [9.17, 15) is 0 Å². The first-order chi connectivity index (χ1) is 10.4. The van der Waals surface area contributed by atoms with Crippen molar-refractivity contribution >= 4 is 0 Å². The van der Waals surface area contributed by atoms with Crippen LogP contribution in [0.1, 0.15) is 77.0 Å². The summed E-state index contributed by atoms with van der Waals surface area (Å²) in [5, 5.41) is 0. The molecular formula is C19H36N2. The predicted molar refractivity (Wildman–Crippen MR) is 90.7 cm³/mol. The zero-order valence-electron chi connectivity index (χ0n) is 14.1. The Hall–Kier alpha value is -0.0800. The van der Waals surface area contributed by atoms with Gasteiger partial charge in [-0.1, -0.05) is 38.5 Å². The van der Waals surface area contributed by atoms with E-state index in [1.54, 1.807) is 0 Å². The number of hydrogen-bond donors (Lipinski definition) is 0. The number of hydrogen-bond acceptors (Lipinski definition) is 2. The van der Waals surface area contributed by atoms with Crippen molar-refractivity contribution in [1.29, 1.82) is 0 Å². The molecule has 3 rings (SSSR count). The van der Waals surface area contributed by atoms with Crippen molar-refractivity contribution in [1.82, 2.24) is 9.80 Å². The monoisotopic (exact) mass is 292 g/mol. The van der Waals surface area contributed by atoms with E-state index < -0.39 is 0 Å². The van der Waals surface area contributed by atoms with Crippen LogP contribution >= 0.6 is 0 Å². The second-order valence-electron chi connectivity index (χ2n) is 7.86. The molecule has 0 aromatic heterocycles. The molecule has 0 spiro atoms. The smallest absolute Gasteiger partial charge is 0.0223 e. The molecular weight excluding hydrogens is 256 g/mol. The second-order valence-corrected chi connectivity index (χ2v) is 7.86. The molecule has 122 valence electrons. The van der Waals surface area contributed by atoms with Gasteiger partial charge in [0.2, 0.25) is 0 Å². The van der Waals surface area contributed by atoms with Crippen LogP contribution in [0.4, 0.5) is 0 Å². The van der Waals surface area contributed by atoms with Gasteiger partial charge >= 0.3 is 0 Å². The number of piperidine rings is 1. The summed E-state index contributed by atoms with van der Waals surface area (Å²) in [5.74, 6) is 1.00. The van der Waals surface area contributed by atoms with Crippen LogP contribution in [0.15, 0.2) is 0 Å². The Kier molecular flexibility index (Phi) is 6.42. The highest BCUT2D eigenvalue weighted by atomic mass is 15.2. The van der Waals surface area contributed by atoms with Crippen molar-refractivity contribution in [3.63, 3.8) is 0 Å². The molecule has 0 amide bonds. The fourth-order valence-corrected chi connectivity index (χ4v) is 4.83. The molecule has 2 aliphatic heterocycles. The fourth-order valence-electron chi connectivity index (χ4n) is 4.83. The van der Waals surface area contributed by atoms with Gasteiger partial charge in [0.05, 0.1) is 0 Å². The highest BCUT2D eigenvalue weighted by molar-refractivity contribution is 4.83. The molecule has 2 heterocycles. The Balaban J connectivity index is 1.50. The van der Waals surface area contributed by atoms with Crippen LogP contribution in [0, 0.1) is 5.92 Å². The molecule has 2 heteroatoms. The van der Waals surface area contributed by atoms with Gasteiger partial charge in [-0.25, -0.2) is 0 Å². The van der Waals surface area contributed by atoms with E-state index >= 15 is 0 Å². The average molecular weight is 293 g/mol. The number of rotatable bonds is 4. The van der Waals surface area contributed by atoms with Crippen LogP contribution in [-0.4, -0.2) is 48.6 Å². The fraction of sp³-hybridized carbons (Fsp3) is 1.00. The lowest BCUT2D eigenvalue weighted by Gasteiger charge is -2.40. The first-order valence-corrected chi connectivity index (χ1v) is 9.88. The second kappa shape index (κ2) is 8.53. The van der Waals surface area contributed by atoms with Gasteiger partial charge in [0.15, 0.2) is 0 Å². The SMILES string of the molecule is C1CCCC(CN2CCCC[C@H]2CN2CCCC2)CCC1. The summed E-state index contributed by atoms with van der Waals surface area (Å²) in [6.45, 7) is 6.90. The zero-order chi connectivity index (χ0) is 14.3. The summed E-state index contributed by atoms with van der Waals surface area (Å²) in [7, 11) is 0. The van der Waals surface area contributed by atoms with Crippen LogP contribution < -0.4 is 0 Å². The average Bonchev–Trinajstić information content (AvgIpc) is 2.96. The van der Waals surface area contributed by atoms with Gasteiger partial charge in [-0.3, -0.25) is 4.90 Å². The summed E-state index contributed by atoms with van der Waals surface area (Å²) in [6.07, 6.45) is 17.7. The maximum atomic E-state index is 2.90. The minimum Gasteiger partial charge on any atom is -0.302 e. The predicted octanol–water partition coefficient (Wildman–Crippen LogP) is 4.30. The van der Waals surface area contributed by atoms with Crippen LogP contribution in [0.5, 0.6) is 0 Å². The van der Waals surface area contributed by atoms with Crippen molar-refractivity contribution in [3.8, 4) is 0 Å². The van der Waals surface area contributed by atoms with Gasteiger partial charge < -0.3 is 4.90 Å². The van der Waals surface area contributed by atoms with E-state index in [-0.39, 0.29) is 0 Å². The summed E-state index contributed by atoms with van der Waals surface area (Å²) < 4.78 is 0. The van der Waals surface area contributed by atoms with Gasteiger partial charge in [-0.2, -0.15) is 0 Å². The standard InChI is InChI=1S/C19H36N2/c1-2-4-10-18(11-5-3-1)16-21-15-7-6-12-19(21)17-20-13-8-9-14-20/h18-19H,1-17H2/t19-/m0/s1. The molecule has 3 aliphatic rings. The molecule has 0 N–H and O–H groups in total. The molecule has 0 aromatic rings. The molecule has 0 aromatic carbocycles. The quantitative estimate of drug-likeness (QED) is 0.762. The third kappa shape index (κ3) is 4.96. The molecule has 1 saturated carbocycles. The van der Waals surface area contributed by atoms with Crippen molar-refractivity contribution in [2.45, 2.75) is 83.1 Å². The first kappa shape index (κ1) is 15.8. The lowest BCUT2D eigenvalue weighted by molar-refractivity contribution is 0.0903. The highest BCUT2D eigenvalue weighted by Crippen LogP contribution is 2.27. The Labute approximate surface area is 132 Å². The summed E-state index contributed by atoms with van der Waals surface area (Å²) in [4.78, 5) is 5.63. The largest absolute Gasteiger partial charge is 0.302 e. The summed E-state index contributed by atoms with van der Waals surface area (Å²) in [5.41, 5.74) is 0. The highest BCUT2D eigenvalue weighted by Gasteiger charge is 2.27. The van der Waals surface area contributed by atoms with Crippen molar-refractivity contribution in [3.05, 3.63) is 0 Å². The summed E-state index contributed by atoms with van der Waals surface area (Å²) in [6, 6.07) is 0.877. The van der Waals surface area contributed by atoms with Crippen molar-refractivity contribution in [2.24, 2.45) is 5.92 Å². The van der Waals surface area contributed by atoms with Crippen LogP contribution in [0.25, 0.3) is 0 Å². The van der Waals surface area contributed by atoms with Gasteiger partial charge in [-0.15, -0.1) is 0 Å². The zero-order valence-corrected chi connectivity index (χ0v) is 14.1.